The molecule has 4 N–H and O–H groups in total. The maximum Gasteiger partial charge on any atom is 0.424 e. The van der Waals surface area contributed by atoms with Crippen molar-refractivity contribution in [3.05, 3.63) is 81.9 Å². The number of hydrogen-bond acceptors (Lipinski definition) is 7. The smallest absolute Gasteiger partial charge is 0.424 e. The number of fused-ring (bicyclic) bond motifs is 2. The molecule has 44 heavy (non-hydrogen) atoms. The van der Waals surface area contributed by atoms with Crippen LogP contribution in [0, 0.1) is 5.82 Å². The van der Waals surface area contributed by atoms with E-state index in [0.29, 0.717) is 16.8 Å². The zero-order valence-electron chi connectivity index (χ0n) is 23.0. The summed E-state index contributed by atoms with van der Waals surface area (Å²) in [5.41, 5.74) is 0.397. The van der Waals surface area contributed by atoms with E-state index < -0.39 is 47.1 Å². The van der Waals surface area contributed by atoms with Crippen LogP contribution in [-0.4, -0.2) is 51.4 Å². The number of aromatic nitrogens is 3. The van der Waals surface area contributed by atoms with Crippen LogP contribution in [0.1, 0.15) is 53.0 Å². The maximum absolute atomic E-state index is 14.7. The lowest BCUT2D eigenvalue weighted by atomic mass is 9.81. The topological polar surface area (TPSA) is 140 Å². The summed E-state index contributed by atoms with van der Waals surface area (Å²) < 4.78 is 63.6. The quantitative estimate of drug-likeness (QED) is 0.252. The number of carbonyl (C=O) groups excluding carboxylic acids is 2. The van der Waals surface area contributed by atoms with Crippen LogP contribution in [0.15, 0.2) is 48.5 Å². The standard InChI is InChI=1S/C30H24ClF4N5O4/c1-28(27(36)42)13-44-25-18(28)11-23(38-24(25)15-4-6-20(32)19(31)9-15)29(43,30(33,34)35)12-37-26(41)16-5-7-21-17(8-16)10-22(40-39-21)14-2-3-14/h4-11,14,43H,2-3,12-13H2,1H3,(H2,36,42)(H,37,41)/t28-,29?/m0/s1. The molecule has 1 aliphatic carbocycles. The van der Waals surface area contributed by atoms with Crippen LogP contribution >= 0.6 is 11.6 Å². The van der Waals surface area contributed by atoms with Crippen molar-refractivity contribution in [2.45, 2.75) is 42.9 Å². The van der Waals surface area contributed by atoms with Crippen molar-refractivity contribution in [3.63, 3.8) is 0 Å². The molecular weight excluding hydrogens is 606 g/mol. The first-order chi connectivity index (χ1) is 20.7. The van der Waals surface area contributed by atoms with Crippen molar-refractivity contribution >= 4 is 34.3 Å². The van der Waals surface area contributed by atoms with Crippen molar-refractivity contribution in [3.8, 4) is 17.0 Å². The Bertz CT molecular complexity index is 1850. The highest BCUT2D eigenvalue weighted by Crippen LogP contribution is 2.48. The van der Waals surface area contributed by atoms with Crippen LogP contribution < -0.4 is 15.8 Å². The third-order valence-corrected chi connectivity index (χ3v) is 8.36. The summed E-state index contributed by atoms with van der Waals surface area (Å²) in [6, 6.07) is 10.4. The van der Waals surface area contributed by atoms with Crippen LogP contribution in [0.3, 0.4) is 0 Å². The number of pyridine rings is 1. The van der Waals surface area contributed by atoms with E-state index in [1.54, 1.807) is 6.07 Å². The van der Waals surface area contributed by atoms with Gasteiger partial charge in [0, 0.05) is 28.0 Å². The molecule has 4 aromatic rings. The largest absolute Gasteiger partial charge is 0.489 e. The highest BCUT2D eigenvalue weighted by atomic mass is 35.5. The molecule has 1 unspecified atom stereocenters. The van der Waals surface area contributed by atoms with Gasteiger partial charge in [-0.25, -0.2) is 9.37 Å². The predicted molar refractivity (Wildman–Crippen MR) is 150 cm³/mol. The minimum atomic E-state index is -5.36. The summed E-state index contributed by atoms with van der Waals surface area (Å²) >= 11 is 5.93. The lowest BCUT2D eigenvalue weighted by molar-refractivity contribution is -0.265. The Morgan fingerprint density at radius 2 is 1.89 bits per heavy atom. The second kappa shape index (κ2) is 10.4. The van der Waals surface area contributed by atoms with E-state index in [9.17, 15) is 32.3 Å². The second-order valence-corrected chi connectivity index (χ2v) is 11.6. The molecule has 1 saturated carbocycles. The highest BCUT2D eigenvalue weighted by Gasteiger charge is 2.57. The molecule has 228 valence electrons. The van der Waals surface area contributed by atoms with E-state index in [-0.39, 0.29) is 39.8 Å². The minimum absolute atomic E-state index is 0.0371. The van der Waals surface area contributed by atoms with Gasteiger partial charge in [0.2, 0.25) is 11.5 Å². The van der Waals surface area contributed by atoms with Gasteiger partial charge in [0.1, 0.15) is 29.3 Å². The minimum Gasteiger partial charge on any atom is -0.489 e. The zero-order chi connectivity index (χ0) is 31.6. The molecule has 1 fully saturated rings. The Hall–Kier alpha value is -4.36. The fourth-order valence-electron chi connectivity index (χ4n) is 5.07. The third-order valence-electron chi connectivity index (χ3n) is 8.07. The van der Waals surface area contributed by atoms with Gasteiger partial charge in [-0.05, 0) is 68.3 Å². The molecule has 2 amide bonds. The van der Waals surface area contributed by atoms with Crippen molar-refractivity contribution in [1.82, 2.24) is 20.5 Å². The summed E-state index contributed by atoms with van der Waals surface area (Å²) in [6.45, 7) is -0.279. The molecule has 1 aliphatic heterocycles. The number of amides is 2. The van der Waals surface area contributed by atoms with Crippen LogP contribution in [0.25, 0.3) is 22.2 Å². The van der Waals surface area contributed by atoms with Crippen LogP contribution in [0.2, 0.25) is 5.02 Å². The molecule has 0 radical (unpaired) electrons. The number of ether oxygens (including phenoxy) is 1. The Labute approximate surface area is 252 Å². The first kappa shape index (κ1) is 29.7. The first-order valence-electron chi connectivity index (χ1n) is 13.5. The number of carbonyl (C=O) groups is 2. The molecule has 0 bridgehead atoms. The van der Waals surface area contributed by atoms with Gasteiger partial charge in [-0.15, -0.1) is 0 Å². The normalized spacial score (nSPS) is 19.2. The van der Waals surface area contributed by atoms with E-state index in [2.05, 4.69) is 20.5 Å². The lowest BCUT2D eigenvalue weighted by Gasteiger charge is -2.31. The number of benzene rings is 2. The summed E-state index contributed by atoms with van der Waals surface area (Å²) in [7, 11) is 0. The van der Waals surface area contributed by atoms with E-state index in [4.69, 9.17) is 22.1 Å². The molecule has 2 aromatic carbocycles. The number of primary amides is 1. The number of alkyl halides is 3. The fraction of sp³-hybridized carbons (Fsp3) is 0.300. The molecule has 0 spiro atoms. The molecule has 9 nitrogen and oxygen atoms in total. The Morgan fingerprint density at radius 1 is 1.14 bits per heavy atom. The first-order valence-corrected chi connectivity index (χ1v) is 13.9. The number of nitrogens with two attached hydrogens (primary N) is 1. The summed E-state index contributed by atoms with van der Waals surface area (Å²) in [4.78, 5) is 29.6. The highest BCUT2D eigenvalue weighted by molar-refractivity contribution is 6.31. The van der Waals surface area contributed by atoms with Crippen LogP contribution in [0.4, 0.5) is 17.6 Å². The van der Waals surface area contributed by atoms with Gasteiger partial charge in [0.15, 0.2) is 0 Å². The van der Waals surface area contributed by atoms with Crippen LogP contribution in [0.5, 0.6) is 5.75 Å². The summed E-state index contributed by atoms with van der Waals surface area (Å²) in [5.74, 6) is -2.35. The zero-order valence-corrected chi connectivity index (χ0v) is 23.8. The molecule has 2 aliphatic rings. The molecule has 0 saturated heterocycles. The number of hydrogen-bond donors (Lipinski definition) is 3. The van der Waals surface area contributed by atoms with Gasteiger partial charge < -0.3 is 20.9 Å². The van der Waals surface area contributed by atoms with Gasteiger partial charge in [0.05, 0.1) is 28.5 Å². The van der Waals surface area contributed by atoms with Crippen molar-refractivity contribution < 1.29 is 37.0 Å². The van der Waals surface area contributed by atoms with E-state index in [1.165, 1.54) is 31.2 Å². The predicted octanol–water partition coefficient (Wildman–Crippen LogP) is 4.68. The van der Waals surface area contributed by atoms with Crippen molar-refractivity contribution in [2.24, 2.45) is 5.73 Å². The molecular formula is C30H24ClF4N5O4. The van der Waals surface area contributed by atoms with Crippen molar-refractivity contribution in [1.29, 1.82) is 0 Å². The van der Waals surface area contributed by atoms with Crippen LogP contribution in [-0.2, 0) is 15.8 Å². The molecule has 14 heteroatoms. The number of rotatable bonds is 7. The molecule has 6 rings (SSSR count). The monoisotopic (exact) mass is 629 g/mol. The van der Waals surface area contributed by atoms with Gasteiger partial charge >= 0.3 is 6.18 Å². The van der Waals surface area contributed by atoms with Gasteiger partial charge in [-0.2, -0.15) is 23.4 Å². The second-order valence-electron chi connectivity index (χ2n) is 11.2. The number of halogens is 5. The lowest BCUT2D eigenvalue weighted by Crippen LogP contribution is -2.51. The Morgan fingerprint density at radius 3 is 2.55 bits per heavy atom. The van der Waals surface area contributed by atoms with Gasteiger partial charge in [-0.1, -0.05) is 11.6 Å². The fourth-order valence-corrected chi connectivity index (χ4v) is 5.25. The maximum atomic E-state index is 14.7. The Kier molecular flexibility index (Phi) is 7.00. The molecule has 2 atom stereocenters. The SMILES string of the molecule is C[C@]1(C(N)=O)COc2c1cc(C(O)(CNC(=O)c1ccc3nnc(C4CC4)cc3c1)C(F)(F)F)nc2-c1ccc(F)c(Cl)c1. The number of aliphatic hydroxyl groups is 1. The van der Waals surface area contributed by atoms with Crippen molar-refractivity contribution in [2.75, 3.05) is 13.2 Å². The average molecular weight is 630 g/mol. The summed E-state index contributed by atoms with van der Waals surface area (Å²) in [5, 5.41) is 22.0. The third kappa shape index (κ3) is 4.99. The molecule has 3 heterocycles. The van der Waals surface area contributed by atoms with Gasteiger partial charge in [-0.3, -0.25) is 9.59 Å². The average Bonchev–Trinajstić information content (AvgIpc) is 3.78. The van der Waals surface area contributed by atoms with Gasteiger partial charge in [0.25, 0.3) is 5.91 Å². The Balaban J connectivity index is 1.40. The number of nitrogens with one attached hydrogen (secondary N) is 1. The number of nitrogens with zero attached hydrogens (tertiary/aromatic N) is 3. The van der Waals surface area contributed by atoms with E-state index in [0.717, 1.165) is 36.7 Å². The van der Waals surface area contributed by atoms with E-state index >= 15 is 0 Å². The van der Waals surface area contributed by atoms with E-state index in [1.807, 2.05) is 0 Å². The summed E-state index contributed by atoms with van der Waals surface area (Å²) in [6.07, 6.45) is -3.40. The molecule has 2 aromatic heterocycles.